The first-order valence-corrected chi connectivity index (χ1v) is 7.37. The molecular formula is C16H19N3O2. The van der Waals surface area contributed by atoms with Crippen molar-refractivity contribution in [3.63, 3.8) is 0 Å². The van der Waals surface area contributed by atoms with Gasteiger partial charge in [0.2, 0.25) is 5.91 Å². The molecule has 0 radical (unpaired) electrons. The smallest absolute Gasteiger partial charge is 0.269 e. The van der Waals surface area contributed by atoms with Gasteiger partial charge in [-0.05, 0) is 25.0 Å². The summed E-state index contributed by atoms with van der Waals surface area (Å²) in [5, 5.41) is 0. The molecular weight excluding hydrogens is 266 g/mol. The van der Waals surface area contributed by atoms with Crippen LogP contribution in [0, 0.1) is 0 Å². The molecule has 1 amide bonds. The van der Waals surface area contributed by atoms with E-state index in [4.69, 9.17) is 0 Å². The van der Waals surface area contributed by atoms with E-state index in [1.807, 2.05) is 31.3 Å². The van der Waals surface area contributed by atoms with Gasteiger partial charge in [0.25, 0.3) is 5.56 Å². The van der Waals surface area contributed by atoms with E-state index in [0.29, 0.717) is 11.6 Å². The second-order valence-electron chi connectivity index (χ2n) is 5.61. The van der Waals surface area contributed by atoms with Crippen molar-refractivity contribution in [1.29, 1.82) is 0 Å². The number of para-hydroxylation sites is 2. The van der Waals surface area contributed by atoms with E-state index >= 15 is 0 Å². The number of rotatable bonds is 3. The topological polar surface area (TPSA) is 55.2 Å². The van der Waals surface area contributed by atoms with Crippen LogP contribution < -0.4 is 5.56 Å². The molecule has 5 heteroatoms. The number of fused-ring (bicyclic) bond motifs is 1. The lowest BCUT2D eigenvalue weighted by Crippen LogP contribution is -2.39. The van der Waals surface area contributed by atoms with E-state index in [-0.39, 0.29) is 18.0 Å². The zero-order valence-corrected chi connectivity index (χ0v) is 12.2. The lowest BCUT2D eigenvalue weighted by molar-refractivity contribution is -0.132. The molecule has 0 spiro atoms. The summed E-state index contributed by atoms with van der Waals surface area (Å²) in [6, 6.07) is 7.71. The number of hydrogen-bond acceptors (Lipinski definition) is 3. The van der Waals surface area contributed by atoms with Gasteiger partial charge in [-0.2, -0.15) is 0 Å². The van der Waals surface area contributed by atoms with Crippen molar-refractivity contribution >= 4 is 16.9 Å². The maximum Gasteiger partial charge on any atom is 0.269 e. The second kappa shape index (κ2) is 5.68. The molecule has 1 heterocycles. The molecule has 1 aliphatic rings. The predicted octanol–water partition coefficient (Wildman–Crippen LogP) is 1.80. The van der Waals surface area contributed by atoms with E-state index < -0.39 is 0 Å². The summed E-state index contributed by atoms with van der Waals surface area (Å²) in [7, 11) is 1.84. The summed E-state index contributed by atoms with van der Waals surface area (Å²) < 4.78 is 1.51. The quantitative estimate of drug-likeness (QED) is 0.864. The number of aromatic nitrogens is 2. The van der Waals surface area contributed by atoms with Crippen LogP contribution in [-0.4, -0.2) is 33.4 Å². The largest absolute Gasteiger partial charge is 0.341 e. The number of carbonyl (C=O) groups is 1. The number of hydrogen-bond donors (Lipinski definition) is 0. The molecule has 2 aromatic rings. The molecule has 1 aliphatic carbocycles. The van der Waals surface area contributed by atoms with Gasteiger partial charge in [-0.15, -0.1) is 0 Å². The highest BCUT2D eigenvalue weighted by Crippen LogP contribution is 2.22. The summed E-state index contributed by atoms with van der Waals surface area (Å²) in [5.41, 5.74) is 1.20. The Bertz CT molecular complexity index is 717. The standard InChI is InChI=1S/C16H19N3O2/c1-18(12-6-2-3-7-12)16(21)11-19-14-9-5-4-8-13(14)17-10-15(19)20/h4-5,8-10,12H,2-3,6-7,11H2,1H3. The van der Waals surface area contributed by atoms with Crippen LogP contribution in [0.1, 0.15) is 25.7 Å². The molecule has 1 aromatic heterocycles. The molecule has 1 aromatic carbocycles. The number of carbonyl (C=O) groups excluding carboxylic acids is 1. The minimum atomic E-state index is -0.234. The van der Waals surface area contributed by atoms with Crippen molar-refractivity contribution in [3.8, 4) is 0 Å². The fraction of sp³-hybridized carbons (Fsp3) is 0.438. The highest BCUT2D eigenvalue weighted by Gasteiger charge is 2.23. The third kappa shape index (κ3) is 2.68. The molecule has 0 aliphatic heterocycles. The fourth-order valence-electron chi connectivity index (χ4n) is 3.02. The zero-order valence-electron chi connectivity index (χ0n) is 12.2. The first kappa shape index (κ1) is 13.8. The third-order valence-corrected chi connectivity index (χ3v) is 4.31. The van der Waals surface area contributed by atoms with E-state index in [0.717, 1.165) is 18.4 Å². The van der Waals surface area contributed by atoms with E-state index in [2.05, 4.69) is 4.98 Å². The van der Waals surface area contributed by atoms with Gasteiger partial charge in [-0.3, -0.25) is 14.2 Å². The minimum Gasteiger partial charge on any atom is -0.341 e. The normalized spacial score (nSPS) is 15.5. The number of likely N-dealkylation sites (N-methyl/N-ethyl adjacent to an activating group) is 1. The Morgan fingerprint density at radius 3 is 2.81 bits per heavy atom. The Kier molecular flexibility index (Phi) is 3.73. The second-order valence-corrected chi connectivity index (χ2v) is 5.61. The lowest BCUT2D eigenvalue weighted by atomic mass is 10.2. The third-order valence-electron chi connectivity index (χ3n) is 4.31. The van der Waals surface area contributed by atoms with Crippen molar-refractivity contribution in [2.45, 2.75) is 38.3 Å². The molecule has 1 saturated carbocycles. The van der Waals surface area contributed by atoms with E-state index in [1.165, 1.54) is 23.6 Å². The predicted molar refractivity (Wildman–Crippen MR) is 81.0 cm³/mol. The first-order chi connectivity index (χ1) is 10.2. The maximum absolute atomic E-state index is 12.4. The Morgan fingerprint density at radius 2 is 2.05 bits per heavy atom. The first-order valence-electron chi connectivity index (χ1n) is 7.37. The minimum absolute atomic E-state index is 0.0136. The van der Waals surface area contributed by atoms with Gasteiger partial charge >= 0.3 is 0 Å². The molecule has 3 rings (SSSR count). The number of benzene rings is 1. The lowest BCUT2D eigenvalue weighted by Gasteiger charge is -2.24. The summed E-state index contributed by atoms with van der Waals surface area (Å²) in [6.07, 6.45) is 5.77. The van der Waals surface area contributed by atoms with Crippen LogP contribution in [0.3, 0.4) is 0 Å². The molecule has 21 heavy (non-hydrogen) atoms. The molecule has 5 nitrogen and oxygen atoms in total. The van der Waals surface area contributed by atoms with Crippen LogP contribution in [0.4, 0.5) is 0 Å². The van der Waals surface area contributed by atoms with Crippen molar-refractivity contribution in [3.05, 3.63) is 40.8 Å². The van der Waals surface area contributed by atoms with Crippen LogP contribution >= 0.6 is 0 Å². The molecule has 0 atom stereocenters. The zero-order chi connectivity index (χ0) is 14.8. The monoisotopic (exact) mass is 285 g/mol. The van der Waals surface area contributed by atoms with Crippen LogP contribution in [-0.2, 0) is 11.3 Å². The van der Waals surface area contributed by atoms with Crippen molar-refractivity contribution in [2.24, 2.45) is 0 Å². The van der Waals surface area contributed by atoms with Gasteiger partial charge in [0.15, 0.2) is 0 Å². The molecule has 1 fully saturated rings. The highest BCUT2D eigenvalue weighted by atomic mass is 16.2. The Hall–Kier alpha value is -2.17. The van der Waals surface area contributed by atoms with Gasteiger partial charge < -0.3 is 4.90 Å². The summed E-state index contributed by atoms with van der Waals surface area (Å²) in [6.45, 7) is 0.0782. The average Bonchev–Trinajstić information content (AvgIpc) is 3.03. The van der Waals surface area contributed by atoms with Gasteiger partial charge in [0.1, 0.15) is 6.54 Å². The van der Waals surface area contributed by atoms with Crippen LogP contribution in [0.2, 0.25) is 0 Å². The molecule has 110 valence electrons. The molecule has 0 saturated heterocycles. The van der Waals surface area contributed by atoms with Gasteiger partial charge in [0, 0.05) is 13.1 Å². The molecule has 0 bridgehead atoms. The number of amides is 1. The van der Waals surface area contributed by atoms with E-state index in [1.54, 1.807) is 4.90 Å². The summed E-state index contributed by atoms with van der Waals surface area (Å²) in [4.78, 5) is 30.4. The van der Waals surface area contributed by atoms with E-state index in [9.17, 15) is 9.59 Å². The van der Waals surface area contributed by atoms with Crippen molar-refractivity contribution < 1.29 is 4.79 Å². The number of nitrogens with zero attached hydrogens (tertiary/aromatic N) is 3. The van der Waals surface area contributed by atoms with Gasteiger partial charge in [-0.25, -0.2) is 4.98 Å². The van der Waals surface area contributed by atoms with Gasteiger partial charge in [0.05, 0.1) is 17.2 Å². The van der Waals surface area contributed by atoms with Crippen molar-refractivity contribution in [1.82, 2.24) is 14.5 Å². The Balaban J connectivity index is 1.89. The van der Waals surface area contributed by atoms with Crippen molar-refractivity contribution in [2.75, 3.05) is 7.05 Å². The maximum atomic E-state index is 12.4. The Morgan fingerprint density at radius 1 is 1.33 bits per heavy atom. The summed E-state index contributed by atoms with van der Waals surface area (Å²) in [5.74, 6) is -0.0136. The van der Waals surface area contributed by atoms with Crippen LogP contribution in [0.15, 0.2) is 35.3 Å². The SMILES string of the molecule is CN(C(=O)Cn1c(=O)cnc2ccccc21)C1CCCC1. The fourth-order valence-corrected chi connectivity index (χ4v) is 3.02. The highest BCUT2D eigenvalue weighted by molar-refractivity contribution is 5.80. The van der Waals surface area contributed by atoms with Crippen LogP contribution in [0.5, 0.6) is 0 Å². The van der Waals surface area contributed by atoms with Crippen LogP contribution in [0.25, 0.3) is 11.0 Å². The molecule has 0 unspecified atom stereocenters. The van der Waals surface area contributed by atoms with Gasteiger partial charge in [-0.1, -0.05) is 25.0 Å². The Labute approximate surface area is 123 Å². The summed E-state index contributed by atoms with van der Waals surface area (Å²) >= 11 is 0. The molecule has 0 N–H and O–H groups in total. The average molecular weight is 285 g/mol.